The fraction of sp³-hybridized carbons (Fsp3) is 0.345. The van der Waals surface area contributed by atoms with Gasteiger partial charge in [0, 0.05) is 29.1 Å². The Morgan fingerprint density at radius 2 is 1.63 bits per heavy atom. The van der Waals surface area contributed by atoms with Gasteiger partial charge >= 0.3 is 5.97 Å². The van der Waals surface area contributed by atoms with Crippen LogP contribution in [0.3, 0.4) is 0 Å². The number of benzene rings is 3. The average Bonchev–Trinajstić information content (AvgIpc) is 3.55. The molecule has 1 fully saturated rings. The van der Waals surface area contributed by atoms with E-state index in [1.165, 1.54) is 20.0 Å². The highest BCUT2D eigenvalue weighted by Crippen LogP contribution is 2.46. The first kappa shape index (κ1) is 26.1. The van der Waals surface area contributed by atoms with Crippen LogP contribution in [0.4, 0.5) is 20.2 Å². The van der Waals surface area contributed by atoms with Crippen molar-refractivity contribution in [2.45, 2.75) is 37.8 Å². The Morgan fingerprint density at radius 1 is 0.974 bits per heavy atom. The number of fused-ring (bicyclic) bond motifs is 1. The summed E-state index contributed by atoms with van der Waals surface area (Å²) in [6.07, 6.45) is 5.06. The predicted octanol–water partition coefficient (Wildman–Crippen LogP) is 6.67. The van der Waals surface area contributed by atoms with Crippen molar-refractivity contribution in [2.24, 2.45) is 5.92 Å². The van der Waals surface area contributed by atoms with Gasteiger partial charge in [-0.25, -0.2) is 13.6 Å². The minimum atomic E-state index is -0.980. The van der Waals surface area contributed by atoms with Crippen LogP contribution in [0.25, 0.3) is 0 Å². The molecule has 0 spiro atoms. The second-order valence-corrected chi connectivity index (χ2v) is 10.2. The van der Waals surface area contributed by atoms with E-state index < -0.39 is 23.3 Å². The Morgan fingerprint density at radius 3 is 2.26 bits per heavy atom. The number of esters is 1. The smallest absolute Gasteiger partial charge is 0.343 e. The fourth-order valence-electron chi connectivity index (χ4n) is 5.13. The van der Waals surface area contributed by atoms with Crippen molar-refractivity contribution >= 4 is 28.9 Å². The molecule has 2 N–H and O–H groups in total. The van der Waals surface area contributed by atoms with E-state index in [0.717, 1.165) is 36.1 Å². The SMILES string of the molecule is COC(=O)COc1ccc(CC2(c3ccc(Cl)cc3OCC3CCCC3)Nc3cc(F)c(F)cc3N2)cc1. The van der Waals surface area contributed by atoms with Crippen LogP contribution in [0.15, 0.2) is 54.6 Å². The summed E-state index contributed by atoms with van der Waals surface area (Å²) in [4.78, 5) is 11.4. The van der Waals surface area contributed by atoms with Gasteiger partial charge in [0.05, 0.1) is 25.1 Å². The number of hydrogen-bond donors (Lipinski definition) is 2. The van der Waals surface area contributed by atoms with Crippen molar-refractivity contribution in [3.05, 3.63) is 82.4 Å². The first-order valence-electron chi connectivity index (χ1n) is 12.6. The molecule has 1 aliphatic heterocycles. The second-order valence-electron chi connectivity index (χ2n) is 9.75. The minimum absolute atomic E-state index is 0.193. The van der Waals surface area contributed by atoms with Crippen LogP contribution in [-0.2, 0) is 21.6 Å². The molecule has 0 saturated heterocycles. The molecule has 0 radical (unpaired) electrons. The maximum atomic E-state index is 14.1. The van der Waals surface area contributed by atoms with E-state index in [1.54, 1.807) is 24.3 Å². The topological polar surface area (TPSA) is 68.8 Å². The van der Waals surface area contributed by atoms with E-state index in [0.29, 0.717) is 46.8 Å². The molecule has 1 aliphatic carbocycles. The third-order valence-electron chi connectivity index (χ3n) is 7.09. The zero-order valence-electron chi connectivity index (χ0n) is 21.0. The quantitative estimate of drug-likeness (QED) is 0.294. The molecule has 1 heterocycles. The van der Waals surface area contributed by atoms with Crippen molar-refractivity contribution in [1.29, 1.82) is 0 Å². The van der Waals surface area contributed by atoms with Gasteiger partial charge in [0.2, 0.25) is 0 Å². The van der Waals surface area contributed by atoms with E-state index in [1.807, 2.05) is 18.2 Å². The van der Waals surface area contributed by atoms with Crippen LogP contribution in [0.1, 0.15) is 36.8 Å². The Labute approximate surface area is 225 Å². The van der Waals surface area contributed by atoms with Crippen LogP contribution >= 0.6 is 11.6 Å². The number of nitrogens with one attached hydrogen (secondary N) is 2. The Kier molecular flexibility index (Phi) is 7.61. The first-order valence-corrected chi connectivity index (χ1v) is 13.0. The first-order chi connectivity index (χ1) is 18.3. The summed E-state index contributed by atoms with van der Waals surface area (Å²) in [7, 11) is 1.30. The molecule has 1 saturated carbocycles. The fourth-order valence-corrected chi connectivity index (χ4v) is 5.29. The van der Waals surface area contributed by atoms with Crippen LogP contribution in [-0.4, -0.2) is 26.3 Å². The largest absolute Gasteiger partial charge is 0.493 e. The van der Waals surface area contributed by atoms with Gasteiger partial charge in [0.1, 0.15) is 17.2 Å². The van der Waals surface area contributed by atoms with Gasteiger partial charge in [-0.2, -0.15) is 0 Å². The van der Waals surface area contributed by atoms with Crippen LogP contribution in [0, 0.1) is 17.6 Å². The van der Waals surface area contributed by atoms with E-state index >= 15 is 0 Å². The van der Waals surface area contributed by atoms with E-state index in [9.17, 15) is 13.6 Å². The van der Waals surface area contributed by atoms with Crippen LogP contribution < -0.4 is 20.1 Å². The van der Waals surface area contributed by atoms with Gasteiger partial charge in [-0.15, -0.1) is 0 Å². The second kappa shape index (κ2) is 11.1. The average molecular weight is 543 g/mol. The summed E-state index contributed by atoms with van der Waals surface area (Å²) in [5.74, 6) is -0.738. The molecule has 0 unspecified atom stereocenters. The third kappa shape index (κ3) is 5.65. The highest BCUT2D eigenvalue weighted by molar-refractivity contribution is 6.30. The Hall–Kier alpha value is -3.52. The normalized spacial score (nSPS) is 15.9. The Bertz CT molecular complexity index is 1280. The molecule has 6 nitrogen and oxygen atoms in total. The number of halogens is 3. The number of rotatable bonds is 9. The lowest BCUT2D eigenvalue weighted by atomic mass is 9.91. The summed E-state index contributed by atoms with van der Waals surface area (Å²) in [5.41, 5.74) is 1.58. The summed E-state index contributed by atoms with van der Waals surface area (Å²) in [6.45, 7) is 0.383. The van der Waals surface area contributed by atoms with Gasteiger partial charge in [-0.3, -0.25) is 0 Å². The zero-order chi connectivity index (χ0) is 26.7. The Balaban J connectivity index is 1.47. The molecular formula is C29H29ClF2N2O4. The molecule has 200 valence electrons. The van der Waals surface area contributed by atoms with E-state index in [-0.39, 0.29) is 6.61 Å². The molecule has 9 heteroatoms. The van der Waals surface area contributed by atoms with Crippen molar-refractivity contribution < 1.29 is 27.8 Å². The highest BCUT2D eigenvalue weighted by Gasteiger charge is 2.41. The van der Waals surface area contributed by atoms with Crippen molar-refractivity contribution in [3.63, 3.8) is 0 Å². The molecule has 3 aromatic rings. The van der Waals surface area contributed by atoms with Crippen molar-refractivity contribution in [3.8, 4) is 11.5 Å². The third-order valence-corrected chi connectivity index (χ3v) is 7.32. The highest BCUT2D eigenvalue weighted by atomic mass is 35.5. The molecule has 0 amide bonds. The number of ether oxygens (including phenoxy) is 3. The molecule has 0 bridgehead atoms. The number of anilines is 2. The van der Waals surface area contributed by atoms with Gasteiger partial charge in [0.25, 0.3) is 0 Å². The summed E-state index contributed by atoms with van der Waals surface area (Å²) >= 11 is 6.37. The molecule has 38 heavy (non-hydrogen) atoms. The number of carbonyl (C=O) groups excluding carboxylic acids is 1. The molecule has 3 aromatic carbocycles. The number of hydrogen-bond acceptors (Lipinski definition) is 6. The molecule has 0 aromatic heterocycles. The monoisotopic (exact) mass is 542 g/mol. The van der Waals surface area contributed by atoms with Gasteiger partial charge in [-0.1, -0.05) is 36.6 Å². The zero-order valence-corrected chi connectivity index (χ0v) is 21.7. The maximum absolute atomic E-state index is 14.1. The number of carbonyl (C=O) groups is 1. The van der Waals surface area contributed by atoms with Crippen molar-refractivity contribution in [2.75, 3.05) is 31.0 Å². The van der Waals surface area contributed by atoms with E-state index in [4.69, 9.17) is 21.1 Å². The molecule has 2 aliphatic rings. The lowest BCUT2D eigenvalue weighted by Gasteiger charge is -2.33. The van der Waals surface area contributed by atoms with Crippen LogP contribution in [0.2, 0.25) is 5.02 Å². The van der Waals surface area contributed by atoms with Gasteiger partial charge in [0.15, 0.2) is 18.2 Å². The summed E-state index contributed by atoms with van der Waals surface area (Å²) < 4.78 is 44.7. The predicted molar refractivity (Wildman–Crippen MR) is 142 cm³/mol. The van der Waals surface area contributed by atoms with Crippen molar-refractivity contribution in [1.82, 2.24) is 0 Å². The van der Waals surface area contributed by atoms with E-state index in [2.05, 4.69) is 15.4 Å². The standard InChI is InChI=1S/C29H29ClF2N2O4/c1-36-28(35)17-37-21-9-6-18(7-10-21)15-29(33-25-13-23(31)24(32)14-26(25)34-29)22-11-8-20(30)12-27(22)38-16-19-4-2-3-5-19/h6-14,19,33-34H,2-5,15-17H2,1H3. The van der Waals surface area contributed by atoms with Crippen LogP contribution in [0.5, 0.6) is 11.5 Å². The minimum Gasteiger partial charge on any atom is -0.493 e. The maximum Gasteiger partial charge on any atom is 0.343 e. The lowest BCUT2D eigenvalue weighted by Crippen LogP contribution is -2.41. The van der Waals surface area contributed by atoms with Gasteiger partial charge in [-0.05, 0) is 54.7 Å². The lowest BCUT2D eigenvalue weighted by molar-refractivity contribution is -0.142. The van der Waals surface area contributed by atoms with Gasteiger partial charge < -0.3 is 24.8 Å². The molecule has 0 atom stereocenters. The number of methoxy groups -OCH3 is 1. The molecule has 5 rings (SSSR count). The summed E-state index contributed by atoms with van der Waals surface area (Å²) in [5, 5.41) is 7.33. The summed E-state index contributed by atoms with van der Waals surface area (Å²) in [6, 6.07) is 15.0. The molecular weight excluding hydrogens is 514 g/mol.